The molecule has 6 nitrogen and oxygen atoms in total. The fourth-order valence-electron chi connectivity index (χ4n) is 3.16. The van der Waals surface area contributed by atoms with Gasteiger partial charge in [0, 0.05) is 29.2 Å². The zero-order valence-electron chi connectivity index (χ0n) is 15.6. The van der Waals surface area contributed by atoms with Gasteiger partial charge in [0.2, 0.25) is 9.84 Å². The Kier molecular flexibility index (Phi) is 4.99. The summed E-state index contributed by atoms with van der Waals surface area (Å²) in [6.07, 6.45) is 3.45. The van der Waals surface area contributed by atoms with Crippen molar-refractivity contribution in [2.75, 3.05) is 0 Å². The highest BCUT2D eigenvalue weighted by Crippen LogP contribution is 2.26. The average molecular weight is 413 g/mol. The highest BCUT2D eigenvalue weighted by Gasteiger charge is 2.19. The van der Waals surface area contributed by atoms with Gasteiger partial charge in [0.05, 0.1) is 5.69 Å². The van der Waals surface area contributed by atoms with Gasteiger partial charge in [-0.25, -0.2) is 18.4 Å². The van der Waals surface area contributed by atoms with E-state index < -0.39 is 9.84 Å². The Hall–Kier alpha value is -2.58. The Balaban J connectivity index is 1.67. The van der Waals surface area contributed by atoms with Crippen LogP contribution in [-0.2, 0) is 22.1 Å². The maximum Gasteiger partial charge on any atom is 0.202 e. The first-order valence-electron chi connectivity index (χ1n) is 8.97. The zero-order chi connectivity index (χ0) is 19.7. The van der Waals surface area contributed by atoms with Crippen LogP contribution in [0.25, 0.3) is 22.2 Å². The van der Waals surface area contributed by atoms with Gasteiger partial charge >= 0.3 is 0 Å². The maximum atomic E-state index is 12.7. The lowest BCUT2D eigenvalue weighted by Gasteiger charge is -2.09. The second-order valence-corrected chi connectivity index (χ2v) is 9.89. The summed E-state index contributed by atoms with van der Waals surface area (Å²) in [5.41, 5.74) is 2.69. The molecule has 0 spiro atoms. The van der Waals surface area contributed by atoms with Gasteiger partial charge in [0.1, 0.15) is 17.1 Å². The number of sulfone groups is 1. The molecule has 0 saturated heterocycles. The molecule has 0 aliphatic heterocycles. The summed E-state index contributed by atoms with van der Waals surface area (Å²) in [5, 5.41) is 1.62. The summed E-state index contributed by atoms with van der Waals surface area (Å²) in [5.74, 6) is 0.373. The van der Waals surface area contributed by atoms with Crippen molar-refractivity contribution in [3.8, 4) is 11.3 Å². The number of hydrogen-bond acceptors (Lipinski definition) is 6. The summed E-state index contributed by atoms with van der Waals surface area (Å²) in [4.78, 5) is 8.38. The van der Waals surface area contributed by atoms with E-state index >= 15 is 0 Å². The highest BCUT2D eigenvalue weighted by molar-refractivity contribution is 7.90. The lowest BCUT2D eigenvalue weighted by molar-refractivity contribution is 0.535. The van der Waals surface area contributed by atoms with Gasteiger partial charge < -0.3 is 4.57 Å². The van der Waals surface area contributed by atoms with E-state index in [1.165, 1.54) is 12.4 Å². The van der Waals surface area contributed by atoms with Crippen LogP contribution >= 0.6 is 11.5 Å². The van der Waals surface area contributed by atoms with Crippen LogP contribution in [-0.4, -0.2) is 27.3 Å². The first-order chi connectivity index (χ1) is 13.4. The summed E-state index contributed by atoms with van der Waals surface area (Å²) >= 11 is 1.08. The molecular formula is C20H20N4O2S2. The molecule has 0 aliphatic carbocycles. The largest absolute Gasteiger partial charge is 0.347 e. The van der Waals surface area contributed by atoms with Crippen molar-refractivity contribution in [3.63, 3.8) is 0 Å². The molecular weight excluding hydrogens is 392 g/mol. The van der Waals surface area contributed by atoms with Crippen molar-refractivity contribution in [3.05, 3.63) is 60.0 Å². The van der Waals surface area contributed by atoms with Crippen LogP contribution in [0.5, 0.6) is 0 Å². The fourth-order valence-corrected chi connectivity index (χ4v) is 5.21. The van der Waals surface area contributed by atoms with Crippen molar-refractivity contribution < 1.29 is 8.42 Å². The monoisotopic (exact) mass is 412 g/mol. The van der Waals surface area contributed by atoms with Crippen molar-refractivity contribution in [1.29, 1.82) is 0 Å². The van der Waals surface area contributed by atoms with Crippen LogP contribution in [0.2, 0.25) is 0 Å². The second-order valence-electron chi connectivity index (χ2n) is 7.09. The van der Waals surface area contributed by atoms with Crippen LogP contribution < -0.4 is 0 Å². The Bertz CT molecular complexity index is 1210. The molecule has 8 heteroatoms. The number of fused-ring (bicyclic) bond motifs is 1. The van der Waals surface area contributed by atoms with Crippen molar-refractivity contribution in [1.82, 2.24) is 18.9 Å². The van der Waals surface area contributed by atoms with Crippen LogP contribution in [0.1, 0.15) is 18.9 Å². The van der Waals surface area contributed by atoms with E-state index in [-0.39, 0.29) is 10.8 Å². The summed E-state index contributed by atoms with van der Waals surface area (Å²) < 4.78 is 31.4. The first-order valence-corrected chi connectivity index (χ1v) is 11.4. The van der Waals surface area contributed by atoms with Gasteiger partial charge in [0.25, 0.3) is 0 Å². The SMILES string of the molecule is CC(C)Cn1ccc2cc(-c3cccc(S(=O)(=O)Cc4ncns4)n3)ccc21. The van der Waals surface area contributed by atoms with Gasteiger partial charge in [-0.05, 0) is 47.8 Å². The van der Waals surface area contributed by atoms with E-state index in [0.717, 1.165) is 34.5 Å². The van der Waals surface area contributed by atoms with Gasteiger partial charge in [0.15, 0.2) is 5.03 Å². The van der Waals surface area contributed by atoms with Crippen LogP contribution in [0.4, 0.5) is 0 Å². The molecule has 0 N–H and O–H groups in total. The molecule has 3 aromatic heterocycles. The fraction of sp³-hybridized carbons (Fsp3) is 0.250. The molecule has 0 amide bonds. The van der Waals surface area contributed by atoms with Crippen molar-refractivity contribution in [2.45, 2.75) is 31.2 Å². The predicted octanol–water partition coefficient (Wildman–Crippen LogP) is 4.18. The van der Waals surface area contributed by atoms with E-state index in [1.807, 2.05) is 12.1 Å². The number of aromatic nitrogens is 4. The van der Waals surface area contributed by atoms with Gasteiger partial charge in [-0.3, -0.25) is 0 Å². The van der Waals surface area contributed by atoms with Crippen LogP contribution in [0.15, 0.2) is 60.0 Å². The molecule has 0 fully saturated rings. The number of pyridine rings is 1. The second kappa shape index (κ2) is 7.44. The minimum absolute atomic E-state index is 0.0534. The Morgan fingerprint density at radius 2 is 2.00 bits per heavy atom. The van der Waals surface area contributed by atoms with Gasteiger partial charge in [-0.15, -0.1) is 0 Å². The molecule has 3 heterocycles. The number of hydrogen-bond donors (Lipinski definition) is 0. The van der Waals surface area contributed by atoms with E-state index in [1.54, 1.807) is 6.07 Å². The Morgan fingerprint density at radius 1 is 1.14 bits per heavy atom. The Labute approximate surface area is 168 Å². The number of rotatable bonds is 6. The molecule has 0 radical (unpaired) electrons. The molecule has 0 aliphatic rings. The topological polar surface area (TPSA) is 77.7 Å². The summed E-state index contributed by atoms with van der Waals surface area (Å²) in [6, 6.07) is 13.3. The lowest BCUT2D eigenvalue weighted by Crippen LogP contribution is -2.07. The third kappa shape index (κ3) is 3.83. The molecule has 0 bridgehead atoms. The van der Waals surface area contributed by atoms with Crippen molar-refractivity contribution in [2.24, 2.45) is 5.92 Å². The van der Waals surface area contributed by atoms with E-state index in [2.05, 4.69) is 57.2 Å². The first kappa shape index (κ1) is 18.8. The highest BCUT2D eigenvalue weighted by atomic mass is 32.2. The summed E-state index contributed by atoms with van der Waals surface area (Å²) in [6.45, 7) is 5.34. The smallest absolute Gasteiger partial charge is 0.202 e. The molecule has 28 heavy (non-hydrogen) atoms. The van der Waals surface area contributed by atoms with Crippen molar-refractivity contribution >= 4 is 32.3 Å². The minimum Gasteiger partial charge on any atom is -0.347 e. The predicted molar refractivity (Wildman–Crippen MR) is 111 cm³/mol. The molecule has 0 atom stereocenters. The molecule has 144 valence electrons. The average Bonchev–Trinajstić information content (AvgIpc) is 3.31. The van der Waals surface area contributed by atoms with Gasteiger partial charge in [-0.2, -0.15) is 4.37 Å². The zero-order valence-corrected chi connectivity index (χ0v) is 17.2. The number of nitrogens with zero attached hydrogens (tertiary/aromatic N) is 4. The summed E-state index contributed by atoms with van der Waals surface area (Å²) in [7, 11) is -3.57. The van der Waals surface area contributed by atoms with E-state index in [4.69, 9.17) is 0 Å². The molecule has 4 aromatic rings. The lowest BCUT2D eigenvalue weighted by atomic mass is 10.1. The third-order valence-corrected chi connectivity index (χ3v) is 6.75. The quantitative estimate of drug-likeness (QED) is 0.475. The van der Waals surface area contributed by atoms with Crippen LogP contribution in [0.3, 0.4) is 0 Å². The maximum absolute atomic E-state index is 12.7. The molecule has 4 rings (SSSR count). The van der Waals surface area contributed by atoms with Crippen LogP contribution in [0, 0.1) is 5.92 Å². The van der Waals surface area contributed by atoms with E-state index in [0.29, 0.717) is 16.6 Å². The molecule has 1 aromatic carbocycles. The molecule has 0 saturated carbocycles. The van der Waals surface area contributed by atoms with Gasteiger partial charge in [-0.1, -0.05) is 26.0 Å². The third-order valence-electron chi connectivity index (χ3n) is 4.39. The molecule has 0 unspecified atom stereocenters. The Morgan fingerprint density at radius 3 is 2.75 bits per heavy atom. The standard InChI is InChI=1S/C20H20N4O2S2/c1-14(2)11-24-9-8-16-10-15(6-7-18(16)24)17-4-3-5-20(23-17)28(25,26)12-19-21-13-22-27-19/h3-10,13-14H,11-12H2,1-2H3. The minimum atomic E-state index is -3.57. The van der Waals surface area contributed by atoms with E-state index in [9.17, 15) is 8.42 Å². The number of benzene rings is 1. The normalized spacial score (nSPS) is 12.1.